The fourth-order valence-electron chi connectivity index (χ4n) is 3.86. The molecule has 222 valence electrons. The third-order valence-corrected chi connectivity index (χ3v) is 5.82. The number of ether oxygens (including phenoxy) is 2. The number of carboxylic acids is 1. The van der Waals surface area contributed by atoms with Crippen molar-refractivity contribution in [3.05, 3.63) is 59.6 Å². The number of nitrogens with zero attached hydrogens (tertiary/aromatic N) is 5. The summed E-state index contributed by atoms with van der Waals surface area (Å²) in [6.07, 6.45) is 4.72. The molecule has 0 spiro atoms. The second kappa shape index (κ2) is 12.4. The van der Waals surface area contributed by atoms with Crippen LogP contribution in [0.25, 0.3) is 16.9 Å². The van der Waals surface area contributed by atoms with Gasteiger partial charge < -0.3 is 25.2 Å². The second-order valence-corrected chi connectivity index (χ2v) is 10.3. The first-order valence-electron chi connectivity index (χ1n) is 12.4. The van der Waals surface area contributed by atoms with E-state index in [0.29, 0.717) is 0 Å². The average molecular weight is 606 g/mol. The first-order chi connectivity index (χ1) is 19.8. The summed E-state index contributed by atoms with van der Waals surface area (Å²) < 4.78 is 38.9. The highest BCUT2D eigenvalue weighted by Crippen LogP contribution is 2.37. The van der Waals surface area contributed by atoms with E-state index in [9.17, 15) is 28.3 Å². The molecule has 3 heterocycles. The van der Waals surface area contributed by atoms with Crippen LogP contribution in [-0.4, -0.2) is 65.7 Å². The SMILES string of the molecule is CC(C)(C)OC(=O)N[C@@H](CCn1cc(NC(=O)c2cnn3cccnc23)c(-c2cc(Cl)ccc2OC(F)F)n1)C(=O)O. The molecule has 4 aromatic rings. The Hall–Kier alpha value is -4.79. The number of carboxylic acid groups (broad SMARTS) is 1. The first-order valence-corrected chi connectivity index (χ1v) is 12.8. The largest absolute Gasteiger partial charge is 0.480 e. The molecule has 0 radical (unpaired) electrons. The predicted molar refractivity (Wildman–Crippen MR) is 146 cm³/mol. The lowest BCUT2D eigenvalue weighted by atomic mass is 10.1. The van der Waals surface area contributed by atoms with Crippen LogP contribution < -0.4 is 15.4 Å². The molecule has 0 aliphatic carbocycles. The highest BCUT2D eigenvalue weighted by molar-refractivity contribution is 6.31. The highest BCUT2D eigenvalue weighted by atomic mass is 35.5. The Morgan fingerprint density at radius 2 is 1.98 bits per heavy atom. The number of alkyl carbamates (subject to hydrolysis) is 1. The summed E-state index contributed by atoms with van der Waals surface area (Å²) in [5.41, 5.74) is -0.330. The zero-order valence-electron chi connectivity index (χ0n) is 22.5. The molecule has 16 heteroatoms. The molecule has 0 aliphatic rings. The zero-order valence-corrected chi connectivity index (χ0v) is 23.3. The highest BCUT2D eigenvalue weighted by Gasteiger charge is 2.26. The molecule has 1 aromatic carbocycles. The lowest BCUT2D eigenvalue weighted by molar-refractivity contribution is -0.139. The number of aliphatic carboxylic acids is 1. The van der Waals surface area contributed by atoms with Gasteiger partial charge >= 0.3 is 18.7 Å². The number of hydrogen-bond donors (Lipinski definition) is 3. The summed E-state index contributed by atoms with van der Waals surface area (Å²) in [5.74, 6) is -2.20. The van der Waals surface area contributed by atoms with Crippen molar-refractivity contribution in [2.45, 2.75) is 52.0 Å². The van der Waals surface area contributed by atoms with E-state index in [1.807, 2.05) is 0 Å². The van der Waals surface area contributed by atoms with Crippen LogP contribution >= 0.6 is 11.6 Å². The third-order valence-electron chi connectivity index (χ3n) is 5.58. The van der Waals surface area contributed by atoms with E-state index in [-0.39, 0.29) is 51.9 Å². The Bertz CT molecular complexity index is 1620. The standard InChI is InChI=1S/C26H26ClF2N7O6/c1-26(2,3)42-25(40)33-17(23(38)39)7-10-35-13-18(32-22(37)16-12-31-36-9-4-8-30-21(16)36)20(34-35)15-11-14(27)5-6-19(15)41-24(28)29/h4-6,8-9,11-13,17,24H,7,10H2,1-3H3,(H,32,37)(H,33,40)(H,38,39)/t17-/m0/s1. The average Bonchev–Trinajstić information content (AvgIpc) is 3.50. The number of amides is 2. The summed E-state index contributed by atoms with van der Waals surface area (Å²) in [6, 6.07) is 4.20. The molecule has 0 saturated carbocycles. The monoisotopic (exact) mass is 605 g/mol. The molecule has 13 nitrogen and oxygen atoms in total. The van der Waals surface area contributed by atoms with Crippen molar-refractivity contribution in [3.8, 4) is 17.0 Å². The van der Waals surface area contributed by atoms with Crippen LogP contribution in [0.1, 0.15) is 37.6 Å². The number of aryl methyl sites for hydroxylation is 1. The molecule has 42 heavy (non-hydrogen) atoms. The molecule has 0 aliphatic heterocycles. The van der Waals surface area contributed by atoms with Gasteiger partial charge in [-0.2, -0.15) is 19.0 Å². The van der Waals surface area contributed by atoms with E-state index in [4.69, 9.17) is 16.3 Å². The Morgan fingerprint density at radius 3 is 2.67 bits per heavy atom. The van der Waals surface area contributed by atoms with Crippen LogP contribution in [0.5, 0.6) is 5.75 Å². The number of benzene rings is 1. The number of carbonyl (C=O) groups is 3. The Balaban J connectivity index is 1.66. The van der Waals surface area contributed by atoms with Gasteiger partial charge in [-0.3, -0.25) is 9.48 Å². The van der Waals surface area contributed by atoms with Crippen LogP contribution in [0.3, 0.4) is 0 Å². The minimum Gasteiger partial charge on any atom is -0.480 e. The summed E-state index contributed by atoms with van der Waals surface area (Å²) in [7, 11) is 0. The van der Waals surface area contributed by atoms with Gasteiger partial charge in [-0.15, -0.1) is 0 Å². The maximum absolute atomic E-state index is 13.2. The van der Waals surface area contributed by atoms with Crippen molar-refractivity contribution < 1.29 is 37.7 Å². The summed E-state index contributed by atoms with van der Waals surface area (Å²) >= 11 is 6.14. The van der Waals surface area contributed by atoms with Crippen LogP contribution in [0.4, 0.5) is 19.3 Å². The summed E-state index contributed by atoms with van der Waals surface area (Å²) in [5, 5.41) is 23.3. The molecular formula is C26H26ClF2N7O6. The normalized spacial score (nSPS) is 12.3. The van der Waals surface area contributed by atoms with Crippen LogP contribution in [-0.2, 0) is 16.1 Å². The van der Waals surface area contributed by atoms with Crippen molar-refractivity contribution in [2.75, 3.05) is 5.32 Å². The topological polar surface area (TPSA) is 162 Å². The van der Waals surface area contributed by atoms with Gasteiger partial charge in [0, 0.05) is 35.7 Å². The molecular weight excluding hydrogens is 580 g/mol. The van der Waals surface area contributed by atoms with E-state index in [0.717, 1.165) is 0 Å². The van der Waals surface area contributed by atoms with E-state index in [1.54, 1.807) is 33.0 Å². The maximum atomic E-state index is 13.2. The molecule has 4 rings (SSSR count). The van der Waals surface area contributed by atoms with Crippen molar-refractivity contribution in [1.29, 1.82) is 0 Å². The molecule has 0 bridgehead atoms. The molecule has 3 N–H and O–H groups in total. The molecule has 3 aromatic heterocycles. The minimum atomic E-state index is -3.16. The van der Waals surface area contributed by atoms with E-state index in [2.05, 4.69) is 30.6 Å². The molecule has 0 unspecified atom stereocenters. The third kappa shape index (κ3) is 7.48. The van der Waals surface area contributed by atoms with Gasteiger partial charge in [-0.25, -0.2) is 19.1 Å². The van der Waals surface area contributed by atoms with Crippen molar-refractivity contribution in [1.82, 2.24) is 29.7 Å². The number of nitrogens with one attached hydrogen (secondary N) is 2. The number of hydrogen-bond acceptors (Lipinski definition) is 8. The van der Waals surface area contributed by atoms with Crippen molar-refractivity contribution in [2.24, 2.45) is 0 Å². The molecule has 1 atom stereocenters. The Labute approximate surface area is 242 Å². The summed E-state index contributed by atoms with van der Waals surface area (Å²) in [4.78, 5) is 41.4. The number of alkyl halides is 2. The molecule has 0 saturated heterocycles. The number of aromatic nitrogens is 5. The molecule has 0 fully saturated rings. The van der Waals surface area contributed by atoms with E-state index >= 15 is 0 Å². The number of anilines is 1. The first kappa shape index (κ1) is 30.2. The minimum absolute atomic E-state index is 0.0120. The van der Waals surface area contributed by atoms with Gasteiger partial charge in [0.25, 0.3) is 5.91 Å². The van der Waals surface area contributed by atoms with Crippen LogP contribution in [0.15, 0.2) is 49.1 Å². The Kier molecular flexibility index (Phi) is 8.90. The van der Waals surface area contributed by atoms with Crippen molar-refractivity contribution >= 4 is 40.9 Å². The lowest BCUT2D eigenvalue weighted by Gasteiger charge is -2.22. The fraction of sp³-hybridized carbons (Fsp3) is 0.308. The quantitative estimate of drug-likeness (QED) is 0.237. The fourth-order valence-corrected chi connectivity index (χ4v) is 4.03. The van der Waals surface area contributed by atoms with Crippen molar-refractivity contribution in [3.63, 3.8) is 0 Å². The second-order valence-electron chi connectivity index (χ2n) is 9.90. The zero-order chi connectivity index (χ0) is 30.6. The van der Waals surface area contributed by atoms with Crippen LogP contribution in [0, 0.1) is 0 Å². The number of rotatable bonds is 10. The van der Waals surface area contributed by atoms with Gasteiger partial charge in [-0.1, -0.05) is 11.6 Å². The van der Waals surface area contributed by atoms with Crippen LogP contribution in [0.2, 0.25) is 5.02 Å². The predicted octanol–water partition coefficient (Wildman–Crippen LogP) is 4.47. The van der Waals surface area contributed by atoms with E-state index < -0.39 is 36.2 Å². The van der Waals surface area contributed by atoms with Gasteiger partial charge in [-0.05, 0) is 51.5 Å². The maximum Gasteiger partial charge on any atom is 0.408 e. The number of fused-ring (bicyclic) bond motifs is 1. The van der Waals surface area contributed by atoms with Gasteiger partial charge in [0.1, 0.15) is 28.6 Å². The summed E-state index contributed by atoms with van der Waals surface area (Å²) in [6.45, 7) is 1.67. The Morgan fingerprint density at radius 1 is 1.21 bits per heavy atom. The number of carbonyl (C=O) groups excluding carboxylic acids is 2. The van der Waals surface area contributed by atoms with Gasteiger partial charge in [0.05, 0.1) is 11.9 Å². The smallest absolute Gasteiger partial charge is 0.408 e. The van der Waals surface area contributed by atoms with Gasteiger partial charge in [0.2, 0.25) is 0 Å². The van der Waals surface area contributed by atoms with Gasteiger partial charge in [0.15, 0.2) is 5.65 Å². The molecule has 2 amide bonds. The van der Waals surface area contributed by atoms with E-state index in [1.165, 1.54) is 46.0 Å². The number of halogens is 3. The lowest BCUT2D eigenvalue weighted by Crippen LogP contribution is -2.44.